The molecule has 1 amide bonds. The molecule has 0 saturated heterocycles. The second-order valence-electron chi connectivity index (χ2n) is 6.45. The Morgan fingerprint density at radius 3 is 2.54 bits per heavy atom. The zero-order chi connectivity index (χ0) is 20.7. The van der Waals surface area contributed by atoms with Gasteiger partial charge in [0, 0.05) is 18.2 Å². The van der Waals surface area contributed by atoms with E-state index in [9.17, 15) is 9.18 Å². The zero-order valence-corrected chi connectivity index (χ0v) is 17.0. The van der Waals surface area contributed by atoms with Gasteiger partial charge in [0.2, 0.25) is 5.88 Å². The van der Waals surface area contributed by atoms with Crippen LogP contribution >= 0.6 is 0 Å². The van der Waals surface area contributed by atoms with Gasteiger partial charge in [-0.3, -0.25) is 9.48 Å². The first-order chi connectivity index (χ1) is 13.5. The summed E-state index contributed by atoms with van der Waals surface area (Å²) in [7, 11) is 0. The molecule has 2 heterocycles. The lowest BCUT2D eigenvalue weighted by atomic mass is 10.1. The Morgan fingerprint density at radius 1 is 1.25 bits per heavy atom. The van der Waals surface area contributed by atoms with Crippen molar-refractivity contribution in [1.82, 2.24) is 14.7 Å². The van der Waals surface area contributed by atoms with Crippen LogP contribution in [-0.4, -0.2) is 33.7 Å². The predicted molar refractivity (Wildman–Crippen MR) is 109 cm³/mol. The zero-order valence-electron chi connectivity index (χ0n) is 17.0. The fourth-order valence-electron chi connectivity index (χ4n) is 2.82. The maximum Gasteiger partial charge on any atom is 0.254 e. The van der Waals surface area contributed by atoms with Crippen LogP contribution in [0.2, 0.25) is 0 Å². The van der Waals surface area contributed by atoms with Gasteiger partial charge in [-0.05, 0) is 43.7 Å². The average Bonchev–Trinajstić information content (AvgIpc) is 3.12. The van der Waals surface area contributed by atoms with Crippen LogP contribution in [0.3, 0.4) is 0 Å². The Morgan fingerprint density at radius 2 is 1.93 bits per heavy atom. The number of nitrogens with zero attached hydrogens (tertiary/aromatic N) is 3. The molecule has 5 nitrogen and oxygen atoms in total. The van der Waals surface area contributed by atoms with Crippen molar-refractivity contribution in [3.05, 3.63) is 71.2 Å². The topological polar surface area (TPSA) is 47.4 Å². The Bertz CT molecular complexity index is 849. The van der Waals surface area contributed by atoms with Gasteiger partial charge in [-0.1, -0.05) is 32.1 Å². The predicted octanol–water partition coefficient (Wildman–Crippen LogP) is 4.61. The van der Waals surface area contributed by atoms with E-state index < -0.39 is 0 Å². The first-order valence-electron chi connectivity index (χ1n) is 9.51. The number of hydrogen-bond acceptors (Lipinski definition) is 3. The number of carbonyl (C=O) groups is 1. The highest BCUT2D eigenvalue weighted by atomic mass is 19.1. The van der Waals surface area contributed by atoms with Crippen LogP contribution in [0.15, 0.2) is 54.1 Å². The van der Waals surface area contributed by atoms with Gasteiger partial charge in [0.25, 0.3) is 5.91 Å². The van der Waals surface area contributed by atoms with Crippen molar-refractivity contribution in [3.63, 3.8) is 0 Å². The average molecular weight is 385 g/mol. The molecule has 0 bridgehead atoms. The summed E-state index contributed by atoms with van der Waals surface area (Å²) in [6.07, 6.45) is 1.79. The number of fused-ring (bicyclic) bond motifs is 1. The van der Waals surface area contributed by atoms with Gasteiger partial charge in [-0.15, -0.1) is 5.10 Å². The lowest BCUT2D eigenvalue weighted by Gasteiger charge is -2.27. The van der Waals surface area contributed by atoms with Crippen molar-refractivity contribution in [2.45, 2.75) is 40.8 Å². The number of benzene rings is 1. The Balaban J connectivity index is 0.00000136. The molecule has 0 N–H and O–H groups in total. The van der Waals surface area contributed by atoms with E-state index in [0.29, 0.717) is 37.7 Å². The fourth-order valence-corrected chi connectivity index (χ4v) is 2.82. The van der Waals surface area contributed by atoms with E-state index in [-0.39, 0.29) is 11.7 Å². The minimum Gasteiger partial charge on any atom is -0.472 e. The molecule has 2 aromatic rings. The van der Waals surface area contributed by atoms with Gasteiger partial charge in [-0.25, -0.2) is 4.39 Å². The number of amides is 1. The third kappa shape index (κ3) is 5.09. The number of hydrogen-bond donors (Lipinski definition) is 0. The van der Waals surface area contributed by atoms with Crippen molar-refractivity contribution in [1.29, 1.82) is 0 Å². The summed E-state index contributed by atoms with van der Waals surface area (Å²) in [5, 5.41) is 4.44. The van der Waals surface area contributed by atoms with Gasteiger partial charge in [-0.2, -0.15) is 0 Å². The van der Waals surface area contributed by atoms with Crippen molar-refractivity contribution in [2.24, 2.45) is 0 Å². The maximum atomic E-state index is 13.0. The van der Waals surface area contributed by atoms with E-state index in [1.807, 2.05) is 38.4 Å². The normalized spacial score (nSPS) is 12.4. The van der Waals surface area contributed by atoms with E-state index >= 15 is 0 Å². The van der Waals surface area contributed by atoms with Crippen LogP contribution in [0.25, 0.3) is 0 Å². The maximum absolute atomic E-state index is 13.0. The van der Waals surface area contributed by atoms with Crippen LogP contribution in [0.5, 0.6) is 5.88 Å². The molecular weight excluding hydrogens is 357 g/mol. The summed E-state index contributed by atoms with van der Waals surface area (Å²) in [6, 6.07) is 7.47. The molecule has 1 aliphatic rings. The van der Waals surface area contributed by atoms with E-state index in [2.05, 4.69) is 11.7 Å². The van der Waals surface area contributed by atoms with E-state index in [0.717, 1.165) is 16.8 Å². The Labute approximate surface area is 166 Å². The summed E-state index contributed by atoms with van der Waals surface area (Å²) >= 11 is 0. The molecule has 0 fully saturated rings. The number of aromatic nitrogens is 2. The molecule has 1 aliphatic heterocycles. The van der Waals surface area contributed by atoms with Crippen molar-refractivity contribution in [3.8, 4) is 5.88 Å². The summed E-state index contributed by atoms with van der Waals surface area (Å²) in [5.74, 6) is 0.0744. The summed E-state index contributed by atoms with van der Waals surface area (Å²) < 4.78 is 20.7. The quantitative estimate of drug-likeness (QED) is 0.707. The molecular formula is C22H28FN3O2. The van der Waals surface area contributed by atoms with Gasteiger partial charge in [0.15, 0.2) is 0 Å². The number of carbonyl (C=O) groups excluding carboxylic acids is 1. The first-order valence-corrected chi connectivity index (χ1v) is 9.51. The summed E-state index contributed by atoms with van der Waals surface area (Å²) in [5.41, 5.74) is 3.58. The number of halogens is 1. The largest absolute Gasteiger partial charge is 0.472 e. The first kappa shape index (κ1) is 21.4. The smallest absolute Gasteiger partial charge is 0.254 e. The van der Waals surface area contributed by atoms with Gasteiger partial charge in [0.1, 0.15) is 12.4 Å². The fraction of sp³-hybridized carbons (Fsp3) is 0.364. The second kappa shape index (κ2) is 9.88. The molecule has 150 valence electrons. The third-order valence-electron chi connectivity index (χ3n) is 4.42. The highest BCUT2D eigenvalue weighted by molar-refractivity contribution is 5.94. The molecule has 0 atom stereocenters. The van der Waals surface area contributed by atoms with Crippen LogP contribution in [-0.2, 0) is 13.1 Å². The van der Waals surface area contributed by atoms with Crippen LogP contribution in [0.1, 0.15) is 43.7 Å². The lowest BCUT2D eigenvalue weighted by Crippen LogP contribution is -2.38. The molecule has 0 radical (unpaired) electrons. The van der Waals surface area contributed by atoms with E-state index in [4.69, 9.17) is 4.74 Å². The summed E-state index contributed by atoms with van der Waals surface area (Å²) in [4.78, 5) is 14.3. The highest BCUT2D eigenvalue weighted by Crippen LogP contribution is 2.20. The number of rotatable bonds is 5. The van der Waals surface area contributed by atoms with Crippen LogP contribution in [0, 0.1) is 5.82 Å². The third-order valence-corrected chi connectivity index (χ3v) is 4.42. The van der Waals surface area contributed by atoms with E-state index in [1.165, 1.54) is 24.3 Å². The van der Waals surface area contributed by atoms with Gasteiger partial charge in [0.05, 0.1) is 18.8 Å². The van der Waals surface area contributed by atoms with Crippen LogP contribution in [0.4, 0.5) is 4.39 Å². The second-order valence-corrected chi connectivity index (χ2v) is 6.45. The molecule has 0 saturated carbocycles. The van der Waals surface area contributed by atoms with Crippen molar-refractivity contribution < 1.29 is 13.9 Å². The van der Waals surface area contributed by atoms with E-state index in [1.54, 1.807) is 11.0 Å². The number of allylic oxidation sites excluding steroid dienone is 1. The molecule has 1 aromatic carbocycles. The Kier molecular flexibility index (Phi) is 7.55. The molecule has 28 heavy (non-hydrogen) atoms. The van der Waals surface area contributed by atoms with Crippen molar-refractivity contribution in [2.75, 3.05) is 13.2 Å². The monoisotopic (exact) mass is 385 g/mol. The molecule has 0 unspecified atom stereocenters. The highest BCUT2D eigenvalue weighted by Gasteiger charge is 2.23. The van der Waals surface area contributed by atoms with Gasteiger partial charge >= 0.3 is 0 Å². The molecule has 6 heteroatoms. The van der Waals surface area contributed by atoms with Crippen molar-refractivity contribution >= 4 is 5.91 Å². The molecule has 3 rings (SSSR count). The molecule has 0 spiro atoms. The lowest BCUT2D eigenvalue weighted by molar-refractivity contribution is 0.0706. The number of ether oxygens (including phenoxy) is 1. The Hall–Kier alpha value is -2.89. The standard InChI is InChI=1S/C20H22FN3O2.C2H6/c1-4-15(14(2)3)13-26-19-11-18-12-23(9-10-24(18)22-19)20(25)16-5-7-17(21)8-6-16;1-2/h4-8,11H,1,9-10,12-13H2,2-3H3;1-2H3. The summed E-state index contributed by atoms with van der Waals surface area (Å²) in [6.45, 7) is 13.8. The SMILES string of the molecule is C=CC(COc1cc2n(n1)CCN(C(=O)c1ccc(F)cc1)C2)=C(C)C.CC. The molecule has 1 aromatic heterocycles. The molecule has 0 aliphatic carbocycles. The minimum absolute atomic E-state index is 0.113. The van der Waals surface area contributed by atoms with Crippen LogP contribution < -0.4 is 4.74 Å². The minimum atomic E-state index is -0.352. The van der Waals surface area contributed by atoms with Gasteiger partial charge < -0.3 is 9.64 Å².